The first-order valence-corrected chi connectivity index (χ1v) is 10.7. The van der Waals surface area contributed by atoms with Crippen molar-refractivity contribution < 1.29 is 23.8 Å². The van der Waals surface area contributed by atoms with Crippen molar-refractivity contribution in [1.82, 2.24) is 15.2 Å². The van der Waals surface area contributed by atoms with Crippen molar-refractivity contribution in [2.45, 2.75) is 38.0 Å². The molecule has 0 aliphatic heterocycles. The van der Waals surface area contributed by atoms with E-state index in [0.29, 0.717) is 23.2 Å². The first-order chi connectivity index (χ1) is 16.0. The number of carbonyl (C=O) groups excluding carboxylic acids is 1. The van der Waals surface area contributed by atoms with Crippen LogP contribution in [0.5, 0.6) is 5.88 Å². The van der Waals surface area contributed by atoms with Crippen LogP contribution in [0.3, 0.4) is 0 Å². The van der Waals surface area contributed by atoms with Crippen molar-refractivity contribution in [3.63, 3.8) is 0 Å². The number of methoxy groups -OCH3 is 1. The maximum absolute atomic E-state index is 12.5. The van der Waals surface area contributed by atoms with Crippen LogP contribution in [0.15, 0.2) is 47.0 Å². The van der Waals surface area contributed by atoms with E-state index >= 15 is 0 Å². The van der Waals surface area contributed by atoms with Crippen LogP contribution in [-0.2, 0) is 4.79 Å². The number of benzene rings is 1. The van der Waals surface area contributed by atoms with Gasteiger partial charge in [-0.05, 0) is 67.3 Å². The Kier molecular flexibility index (Phi) is 6.82. The van der Waals surface area contributed by atoms with E-state index in [0.717, 1.165) is 25.7 Å². The number of carbonyl (C=O) groups is 2. The van der Waals surface area contributed by atoms with Gasteiger partial charge in [-0.3, -0.25) is 9.59 Å². The van der Waals surface area contributed by atoms with Gasteiger partial charge in [0.1, 0.15) is 5.69 Å². The van der Waals surface area contributed by atoms with E-state index in [1.165, 1.54) is 12.7 Å². The molecule has 3 aromatic rings. The number of ether oxygens (including phenoxy) is 1. The second-order valence-corrected chi connectivity index (χ2v) is 7.99. The van der Waals surface area contributed by atoms with E-state index in [-0.39, 0.29) is 24.2 Å². The molecule has 0 bridgehead atoms. The second-order valence-electron chi connectivity index (χ2n) is 7.99. The summed E-state index contributed by atoms with van der Waals surface area (Å²) >= 11 is 0. The second kappa shape index (κ2) is 10.1. The van der Waals surface area contributed by atoms with Gasteiger partial charge >= 0.3 is 23.8 Å². The Bertz CT molecular complexity index is 1110. The summed E-state index contributed by atoms with van der Waals surface area (Å²) in [7, 11) is 1.50. The normalized spacial score (nSPS) is 17.8. The molecule has 1 aliphatic carbocycles. The summed E-state index contributed by atoms with van der Waals surface area (Å²) in [6.45, 7) is 0. The minimum atomic E-state index is -0.723. The molecule has 1 aromatic carbocycles. The Hall–Kier alpha value is -3.95. The molecule has 172 valence electrons. The molecule has 2 heterocycles. The van der Waals surface area contributed by atoms with Crippen LogP contribution < -0.4 is 15.4 Å². The molecule has 0 spiro atoms. The van der Waals surface area contributed by atoms with Gasteiger partial charge in [-0.25, -0.2) is 4.98 Å². The van der Waals surface area contributed by atoms with Crippen LogP contribution in [0.25, 0.3) is 0 Å². The van der Waals surface area contributed by atoms with E-state index in [1.807, 2.05) is 24.3 Å². The summed E-state index contributed by atoms with van der Waals surface area (Å²) in [5.74, 6) is -0.382. The number of hydrogen-bond donors (Lipinski definition) is 3. The average Bonchev–Trinajstić information content (AvgIpc) is 3.29. The van der Waals surface area contributed by atoms with Gasteiger partial charge in [0, 0.05) is 18.3 Å². The summed E-state index contributed by atoms with van der Waals surface area (Å²) in [5, 5.41) is 22.2. The number of nitrogens with zero attached hydrogens (tertiary/aromatic N) is 3. The molecule has 33 heavy (non-hydrogen) atoms. The van der Waals surface area contributed by atoms with E-state index in [2.05, 4.69) is 25.8 Å². The number of aliphatic carboxylic acids is 1. The predicted molar refractivity (Wildman–Crippen MR) is 120 cm³/mol. The van der Waals surface area contributed by atoms with Crippen LogP contribution in [0.2, 0.25) is 0 Å². The quantitative estimate of drug-likeness (QED) is 0.459. The van der Waals surface area contributed by atoms with E-state index in [4.69, 9.17) is 14.3 Å². The monoisotopic (exact) mass is 451 g/mol. The Labute approximate surface area is 190 Å². The number of hydrogen-bond acceptors (Lipinski definition) is 8. The average molecular weight is 451 g/mol. The largest absolute Gasteiger partial charge is 0.481 e. The van der Waals surface area contributed by atoms with Crippen LogP contribution in [0.4, 0.5) is 17.4 Å². The Balaban J connectivity index is 1.32. The third-order valence-corrected chi connectivity index (χ3v) is 5.78. The van der Waals surface area contributed by atoms with Gasteiger partial charge in [-0.15, -0.1) is 5.10 Å². The fourth-order valence-corrected chi connectivity index (χ4v) is 4.10. The maximum Gasteiger partial charge on any atom is 0.320 e. The topological polar surface area (TPSA) is 139 Å². The molecule has 1 aliphatic rings. The third-order valence-electron chi connectivity index (χ3n) is 5.78. The number of anilines is 3. The lowest BCUT2D eigenvalue weighted by molar-refractivity contribution is -0.138. The first kappa shape index (κ1) is 22.3. The van der Waals surface area contributed by atoms with Crippen molar-refractivity contribution >= 4 is 29.3 Å². The number of pyridine rings is 1. The third kappa shape index (κ3) is 5.65. The molecule has 0 radical (unpaired) electrons. The predicted octanol–water partition coefficient (Wildman–Crippen LogP) is 4.22. The van der Waals surface area contributed by atoms with Crippen molar-refractivity contribution in [3.8, 4) is 5.88 Å². The fourth-order valence-electron chi connectivity index (χ4n) is 4.10. The summed E-state index contributed by atoms with van der Waals surface area (Å²) in [6.07, 6.45) is 5.64. The molecule has 10 nitrogen and oxygen atoms in total. The molecule has 3 N–H and O–H groups in total. The van der Waals surface area contributed by atoms with Crippen LogP contribution in [0.1, 0.15) is 54.3 Å². The highest BCUT2D eigenvalue weighted by Crippen LogP contribution is 2.37. The van der Waals surface area contributed by atoms with Gasteiger partial charge in [0.15, 0.2) is 0 Å². The number of aromatic nitrogens is 3. The zero-order valence-corrected chi connectivity index (χ0v) is 18.2. The van der Waals surface area contributed by atoms with Crippen molar-refractivity contribution in [2.24, 2.45) is 5.92 Å². The standard InChI is InChI=1S/C23H25N5O5/c1-32-21-18(3-2-12-24-21)26-23-28-27-22(33-23)20(31)25-17-10-8-16(9-11-17)15-6-4-14(5-7-15)13-19(29)30/h2-3,8-12,14-15H,4-7,13H2,1H3,(H,25,31)(H,26,28)(H,29,30)/t14-,15-. The maximum atomic E-state index is 12.5. The fraction of sp³-hybridized carbons (Fsp3) is 0.348. The SMILES string of the molecule is COc1ncccc1Nc1nnc(C(=O)Nc2ccc([C@H]3CC[C@H](CC(=O)O)CC3)cc2)o1. The van der Waals surface area contributed by atoms with Crippen molar-refractivity contribution in [2.75, 3.05) is 17.7 Å². The molecule has 2 aromatic heterocycles. The van der Waals surface area contributed by atoms with Gasteiger partial charge in [-0.1, -0.05) is 17.2 Å². The lowest BCUT2D eigenvalue weighted by atomic mass is 9.77. The lowest BCUT2D eigenvalue weighted by Crippen LogP contribution is -2.16. The van der Waals surface area contributed by atoms with Crippen LogP contribution in [0, 0.1) is 5.92 Å². The molecule has 1 saturated carbocycles. The molecule has 0 atom stereocenters. The summed E-state index contributed by atoms with van der Waals surface area (Å²) in [5.41, 5.74) is 2.34. The van der Waals surface area contributed by atoms with Gasteiger partial charge in [0.05, 0.1) is 7.11 Å². The Morgan fingerprint density at radius 3 is 2.58 bits per heavy atom. The summed E-state index contributed by atoms with van der Waals surface area (Å²) in [6, 6.07) is 11.2. The van der Waals surface area contributed by atoms with Gasteiger partial charge in [0.2, 0.25) is 5.88 Å². The highest BCUT2D eigenvalue weighted by Gasteiger charge is 2.24. The number of carboxylic acids is 1. The summed E-state index contributed by atoms with van der Waals surface area (Å²) < 4.78 is 10.6. The van der Waals surface area contributed by atoms with E-state index < -0.39 is 11.9 Å². The number of rotatable bonds is 8. The lowest BCUT2D eigenvalue weighted by Gasteiger charge is -2.28. The molecular weight excluding hydrogens is 426 g/mol. The van der Waals surface area contributed by atoms with Gasteiger partial charge < -0.3 is 24.9 Å². The molecule has 4 rings (SSSR count). The number of amides is 1. The highest BCUT2D eigenvalue weighted by molar-refractivity contribution is 6.00. The van der Waals surface area contributed by atoms with Crippen LogP contribution in [-0.4, -0.2) is 39.3 Å². The minimum absolute atomic E-state index is 0.0419. The molecule has 10 heteroatoms. The molecule has 1 amide bonds. The minimum Gasteiger partial charge on any atom is -0.481 e. The molecule has 1 fully saturated rings. The highest BCUT2D eigenvalue weighted by atomic mass is 16.5. The zero-order valence-electron chi connectivity index (χ0n) is 18.2. The Morgan fingerprint density at radius 2 is 1.88 bits per heavy atom. The van der Waals surface area contributed by atoms with E-state index in [9.17, 15) is 9.59 Å². The molecule has 0 saturated heterocycles. The van der Waals surface area contributed by atoms with Crippen molar-refractivity contribution in [3.05, 3.63) is 54.0 Å². The number of carboxylic acid groups (broad SMARTS) is 1. The summed E-state index contributed by atoms with van der Waals surface area (Å²) in [4.78, 5) is 27.5. The van der Waals surface area contributed by atoms with Gasteiger partial charge in [-0.2, -0.15) is 0 Å². The molecular formula is C23H25N5O5. The Morgan fingerprint density at radius 1 is 1.12 bits per heavy atom. The smallest absolute Gasteiger partial charge is 0.320 e. The van der Waals surface area contributed by atoms with Crippen LogP contribution >= 0.6 is 0 Å². The molecule has 0 unspecified atom stereocenters. The van der Waals surface area contributed by atoms with Gasteiger partial charge in [0.25, 0.3) is 0 Å². The van der Waals surface area contributed by atoms with Crippen molar-refractivity contribution in [1.29, 1.82) is 0 Å². The zero-order chi connectivity index (χ0) is 23.2. The first-order valence-electron chi connectivity index (χ1n) is 10.7. The number of nitrogens with one attached hydrogen (secondary N) is 2. The van der Waals surface area contributed by atoms with E-state index in [1.54, 1.807) is 18.3 Å².